The Bertz CT molecular complexity index is 1100. The van der Waals surface area contributed by atoms with E-state index >= 15 is 0 Å². The number of urea groups is 1. The molecule has 2 heterocycles. The van der Waals surface area contributed by atoms with Gasteiger partial charge in [0.05, 0.1) is 12.8 Å². The molecule has 0 saturated carbocycles. The van der Waals surface area contributed by atoms with Crippen LogP contribution in [0.15, 0.2) is 67.0 Å². The van der Waals surface area contributed by atoms with Gasteiger partial charge in [-0.2, -0.15) is 0 Å². The molecule has 0 radical (unpaired) electrons. The normalized spacial score (nSPS) is 13.0. The lowest BCUT2D eigenvalue weighted by atomic mass is 10.2. The minimum absolute atomic E-state index is 0.0836. The molecular formula is C25H26N4O4. The summed E-state index contributed by atoms with van der Waals surface area (Å²) in [7, 11) is 1.55. The maximum absolute atomic E-state index is 12.3. The van der Waals surface area contributed by atoms with Crippen LogP contribution < -0.4 is 25.0 Å². The molecule has 0 spiro atoms. The highest BCUT2D eigenvalue weighted by atomic mass is 16.5. The number of nitrogens with zero attached hydrogens (tertiary/aromatic N) is 2. The summed E-state index contributed by atoms with van der Waals surface area (Å²) in [5, 5.41) is 5.64. The Labute approximate surface area is 192 Å². The summed E-state index contributed by atoms with van der Waals surface area (Å²) in [6.45, 7) is 1.49. The van der Waals surface area contributed by atoms with E-state index in [9.17, 15) is 9.59 Å². The van der Waals surface area contributed by atoms with Crippen LogP contribution in [-0.4, -0.2) is 30.6 Å². The van der Waals surface area contributed by atoms with Gasteiger partial charge in [0.1, 0.15) is 18.1 Å². The molecule has 2 aromatic carbocycles. The summed E-state index contributed by atoms with van der Waals surface area (Å²) in [5.41, 5.74) is 3.24. The third-order valence-electron chi connectivity index (χ3n) is 5.31. The lowest BCUT2D eigenvalue weighted by Gasteiger charge is -2.19. The zero-order valence-electron chi connectivity index (χ0n) is 18.4. The maximum atomic E-state index is 12.3. The largest absolute Gasteiger partial charge is 0.494 e. The number of benzene rings is 2. The van der Waals surface area contributed by atoms with E-state index in [4.69, 9.17) is 9.47 Å². The molecule has 0 aliphatic carbocycles. The van der Waals surface area contributed by atoms with Crippen LogP contribution in [-0.2, 0) is 17.9 Å². The van der Waals surface area contributed by atoms with Crippen LogP contribution in [0.25, 0.3) is 0 Å². The SMILES string of the molecule is COc1cc(NC(=O)NCc2ccc(OCc3cccnc3)cc2)ccc1N1CCCC1=O. The molecule has 1 saturated heterocycles. The highest BCUT2D eigenvalue weighted by Crippen LogP contribution is 2.33. The van der Waals surface area contributed by atoms with Gasteiger partial charge in [-0.05, 0) is 42.3 Å². The lowest BCUT2D eigenvalue weighted by Crippen LogP contribution is -2.28. The Morgan fingerprint density at radius 1 is 1.12 bits per heavy atom. The van der Waals surface area contributed by atoms with Crippen molar-refractivity contribution >= 4 is 23.3 Å². The summed E-state index contributed by atoms with van der Waals surface area (Å²) in [4.78, 5) is 30.2. The average Bonchev–Trinajstić information content (AvgIpc) is 3.28. The second-order valence-electron chi connectivity index (χ2n) is 7.64. The van der Waals surface area contributed by atoms with E-state index in [1.807, 2.05) is 36.4 Å². The molecule has 2 N–H and O–H groups in total. The van der Waals surface area contributed by atoms with Gasteiger partial charge < -0.3 is 25.0 Å². The zero-order valence-corrected chi connectivity index (χ0v) is 18.4. The van der Waals surface area contributed by atoms with E-state index in [1.165, 1.54) is 0 Å². The second kappa shape index (κ2) is 10.5. The molecule has 3 amide bonds. The van der Waals surface area contributed by atoms with Gasteiger partial charge in [0.2, 0.25) is 5.91 Å². The molecule has 1 aliphatic rings. The topological polar surface area (TPSA) is 92.8 Å². The van der Waals surface area contributed by atoms with Crippen LogP contribution in [0.1, 0.15) is 24.0 Å². The summed E-state index contributed by atoms with van der Waals surface area (Å²) >= 11 is 0. The Morgan fingerprint density at radius 2 is 1.97 bits per heavy atom. The third-order valence-corrected chi connectivity index (χ3v) is 5.31. The zero-order chi connectivity index (χ0) is 23.0. The van der Waals surface area contributed by atoms with E-state index in [1.54, 1.807) is 42.6 Å². The molecule has 3 aromatic rings. The smallest absolute Gasteiger partial charge is 0.319 e. The van der Waals surface area contributed by atoms with Crippen molar-refractivity contribution < 1.29 is 19.1 Å². The first-order valence-electron chi connectivity index (χ1n) is 10.8. The van der Waals surface area contributed by atoms with E-state index in [0.717, 1.165) is 29.0 Å². The van der Waals surface area contributed by atoms with Crippen LogP contribution >= 0.6 is 0 Å². The van der Waals surface area contributed by atoms with E-state index in [0.29, 0.717) is 37.6 Å². The first-order valence-corrected chi connectivity index (χ1v) is 10.8. The van der Waals surface area contributed by atoms with Crippen molar-refractivity contribution in [2.45, 2.75) is 26.0 Å². The fourth-order valence-corrected chi connectivity index (χ4v) is 3.59. The third kappa shape index (κ3) is 5.79. The van der Waals surface area contributed by atoms with Crippen molar-refractivity contribution in [1.29, 1.82) is 0 Å². The molecule has 8 heteroatoms. The number of aromatic nitrogens is 1. The van der Waals surface area contributed by atoms with Crippen LogP contribution in [0.4, 0.5) is 16.2 Å². The van der Waals surface area contributed by atoms with Crippen LogP contribution in [0, 0.1) is 0 Å². The van der Waals surface area contributed by atoms with Crippen molar-refractivity contribution in [2.75, 3.05) is 23.9 Å². The van der Waals surface area contributed by atoms with Crippen molar-refractivity contribution in [1.82, 2.24) is 10.3 Å². The van der Waals surface area contributed by atoms with Crippen molar-refractivity contribution in [3.63, 3.8) is 0 Å². The number of hydrogen-bond donors (Lipinski definition) is 2. The van der Waals surface area contributed by atoms with Gasteiger partial charge in [-0.3, -0.25) is 9.78 Å². The van der Waals surface area contributed by atoms with Gasteiger partial charge in [0.15, 0.2) is 0 Å². The maximum Gasteiger partial charge on any atom is 0.319 e. The van der Waals surface area contributed by atoms with Crippen LogP contribution in [0.2, 0.25) is 0 Å². The highest BCUT2D eigenvalue weighted by Gasteiger charge is 2.24. The number of amides is 3. The van der Waals surface area contributed by atoms with E-state index in [-0.39, 0.29) is 11.9 Å². The molecule has 0 atom stereocenters. The molecule has 33 heavy (non-hydrogen) atoms. The first kappa shape index (κ1) is 22.1. The molecular weight excluding hydrogens is 420 g/mol. The second-order valence-corrected chi connectivity index (χ2v) is 7.64. The quantitative estimate of drug-likeness (QED) is 0.543. The summed E-state index contributed by atoms with van der Waals surface area (Å²) < 4.78 is 11.2. The number of ether oxygens (including phenoxy) is 2. The molecule has 1 aliphatic heterocycles. The highest BCUT2D eigenvalue weighted by molar-refractivity contribution is 5.97. The number of carbonyl (C=O) groups is 2. The minimum Gasteiger partial charge on any atom is -0.494 e. The van der Waals surface area contributed by atoms with Crippen LogP contribution in [0.5, 0.6) is 11.5 Å². The van der Waals surface area contributed by atoms with Crippen LogP contribution in [0.3, 0.4) is 0 Å². The molecule has 170 valence electrons. The fourth-order valence-electron chi connectivity index (χ4n) is 3.59. The van der Waals surface area contributed by atoms with Gasteiger partial charge in [0, 0.05) is 49.2 Å². The van der Waals surface area contributed by atoms with Gasteiger partial charge in [0.25, 0.3) is 0 Å². The number of carbonyl (C=O) groups excluding carboxylic acids is 2. The Balaban J connectivity index is 1.28. The van der Waals surface area contributed by atoms with Gasteiger partial charge in [-0.25, -0.2) is 4.79 Å². The molecule has 1 fully saturated rings. The lowest BCUT2D eigenvalue weighted by molar-refractivity contribution is -0.117. The number of rotatable bonds is 8. The summed E-state index contributed by atoms with van der Waals surface area (Å²) in [5.74, 6) is 1.38. The average molecular weight is 447 g/mol. The van der Waals surface area contributed by atoms with Crippen molar-refractivity contribution in [3.8, 4) is 11.5 Å². The van der Waals surface area contributed by atoms with E-state index < -0.39 is 0 Å². The van der Waals surface area contributed by atoms with Gasteiger partial charge >= 0.3 is 6.03 Å². The van der Waals surface area contributed by atoms with Crippen molar-refractivity contribution in [3.05, 3.63) is 78.1 Å². The summed E-state index contributed by atoms with van der Waals surface area (Å²) in [6.07, 6.45) is 4.88. The molecule has 4 rings (SSSR count). The predicted molar refractivity (Wildman–Crippen MR) is 125 cm³/mol. The predicted octanol–water partition coefficient (Wildman–Crippen LogP) is 4.12. The number of hydrogen-bond acceptors (Lipinski definition) is 5. The number of nitrogens with one attached hydrogen (secondary N) is 2. The Hall–Kier alpha value is -4.07. The molecule has 8 nitrogen and oxygen atoms in total. The van der Waals surface area contributed by atoms with Crippen molar-refractivity contribution in [2.24, 2.45) is 0 Å². The van der Waals surface area contributed by atoms with Gasteiger partial charge in [-0.15, -0.1) is 0 Å². The van der Waals surface area contributed by atoms with Gasteiger partial charge in [-0.1, -0.05) is 18.2 Å². The number of methoxy groups -OCH3 is 1. The molecule has 0 unspecified atom stereocenters. The molecule has 1 aromatic heterocycles. The standard InChI is InChI=1S/C25H26N4O4/c1-32-23-14-20(8-11-22(23)29-13-3-5-24(29)30)28-25(31)27-16-18-6-9-21(10-7-18)33-17-19-4-2-12-26-15-19/h2,4,6-12,14-15H,3,5,13,16-17H2,1H3,(H2,27,28,31). The Kier molecular flexibility index (Phi) is 7.04. The monoisotopic (exact) mass is 446 g/mol. The Morgan fingerprint density at radius 3 is 2.67 bits per heavy atom. The minimum atomic E-state index is -0.334. The number of pyridine rings is 1. The first-order chi connectivity index (χ1) is 16.1. The number of anilines is 2. The molecule has 0 bridgehead atoms. The van der Waals surface area contributed by atoms with E-state index in [2.05, 4.69) is 15.6 Å². The fraction of sp³-hybridized carbons (Fsp3) is 0.240. The summed E-state index contributed by atoms with van der Waals surface area (Å²) in [6, 6.07) is 16.3.